The predicted molar refractivity (Wildman–Crippen MR) is 68.3 cm³/mol. The molecular weight excluding hydrogens is 218 g/mol. The molecule has 0 bridgehead atoms. The highest BCUT2D eigenvalue weighted by Crippen LogP contribution is 2.21. The normalized spacial score (nSPS) is 19.1. The van der Waals surface area contributed by atoms with Gasteiger partial charge in [-0.1, -0.05) is 13.3 Å². The lowest BCUT2D eigenvalue weighted by molar-refractivity contribution is 0.173. The molecule has 0 unspecified atom stereocenters. The largest absolute Gasteiger partial charge is 0.325 e. The number of hydrogen-bond acceptors (Lipinski definition) is 4. The molecule has 16 heavy (non-hydrogen) atoms. The van der Waals surface area contributed by atoms with E-state index in [-0.39, 0.29) is 0 Å². The summed E-state index contributed by atoms with van der Waals surface area (Å²) < 4.78 is 0. The van der Waals surface area contributed by atoms with Gasteiger partial charge in [0.15, 0.2) is 0 Å². The van der Waals surface area contributed by atoms with Crippen molar-refractivity contribution in [1.29, 1.82) is 0 Å². The second-order valence-corrected chi connectivity index (χ2v) is 5.51. The monoisotopic (exact) mass is 239 g/mol. The zero-order chi connectivity index (χ0) is 11.4. The highest BCUT2D eigenvalue weighted by Gasteiger charge is 2.18. The van der Waals surface area contributed by atoms with E-state index in [9.17, 15) is 0 Å². The third kappa shape index (κ3) is 3.03. The van der Waals surface area contributed by atoms with E-state index in [1.807, 2.05) is 0 Å². The fourth-order valence-corrected chi connectivity index (χ4v) is 2.96. The minimum absolute atomic E-state index is 0.572. The molecule has 0 amide bonds. The van der Waals surface area contributed by atoms with Gasteiger partial charge in [-0.2, -0.15) is 0 Å². The highest BCUT2D eigenvalue weighted by atomic mass is 32.1. The Kier molecular flexibility index (Phi) is 4.32. The zero-order valence-electron chi connectivity index (χ0n) is 9.98. The molecule has 3 nitrogen and oxygen atoms in total. The smallest absolute Gasteiger partial charge is 0.106 e. The first-order chi connectivity index (χ1) is 7.81. The van der Waals surface area contributed by atoms with Crippen molar-refractivity contribution in [3.63, 3.8) is 0 Å². The number of nitrogens with two attached hydrogens (primary N) is 1. The Bertz CT molecular complexity index is 316. The van der Waals surface area contributed by atoms with Crippen LogP contribution in [0.15, 0.2) is 5.38 Å². The van der Waals surface area contributed by atoms with Crippen molar-refractivity contribution in [2.45, 2.75) is 39.3 Å². The van der Waals surface area contributed by atoms with E-state index in [2.05, 4.69) is 22.2 Å². The predicted octanol–water partition coefficient (Wildman–Crippen LogP) is 2.22. The summed E-state index contributed by atoms with van der Waals surface area (Å²) in [4.78, 5) is 7.03. The summed E-state index contributed by atoms with van der Waals surface area (Å²) in [7, 11) is 0. The maximum absolute atomic E-state index is 5.57. The topological polar surface area (TPSA) is 42.1 Å². The van der Waals surface area contributed by atoms with E-state index in [0.717, 1.165) is 17.5 Å². The van der Waals surface area contributed by atoms with Crippen molar-refractivity contribution in [2.75, 3.05) is 13.1 Å². The fraction of sp³-hybridized carbons (Fsp3) is 0.750. The second kappa shape index (κ2) is 5.75. The van der Waals surface area contributed by atoms with Crippen LogP contribution in [-0.2, 0) is 13.1 Å². The van der Waals surface area contributed by atoms with Crippen molar-refractivity contribution >= 4 is 11.3 Å². The SMILES string of the molecule is CCC1CCN(Cc2csc(CN)n2)CC1. The molecule has 1 aliphatic rings. The van der Waals surface area contributed by atoms with Gasteiger partial charge in [0.1, 0.15) is 5.01 Å². The van der Waals surface area contributed by atoms with Crippen molar-refractivity contribution in [1.82, 2.24) is 9.88 Å². The molecule has 1 aromatic rings. The van der Waals surface area contributed by atoms with E-state index >= 15 is 0 Å². The lowest BCUT2D eigenvalue weighted by Gasteiger charge is -2.30. The number of rotatable bonds is 4. The first-order valence-electron chi connectivity index (χ1n) is 6.17. The van der Waals surface area contributed by atoms with Gasteiger partial charge in [0.05, 0.1) is 5.69 Å². The summed E-state index contributed by atoms with van der Waals surface area (Å²) >= 11 is 1.68. The van der Waals surface area contributed by atoms with Crippen molar-refractivity contribution < 1.29 is 0 Å². The van der Waals surface area contributed by atoms with Gasteiger partial charge in [0, 0.05) is 18.5 Å². The number of thiazole rings is 1. The maximum Gasteiger partial charge on any atom is 0.106 e. The molecule has 1 fully saturated rings. The zero-order valence-corrected chi connectivity index (χ0v) is 10.8. The van der Waals surface area contributed by atoms with Crippen molar-refractivity contribution in [3.05, 3.63) is 16.1 Å². The molecule has 0 spiro atoms. The standard InChI is InChI=1S/C12H21N3S/c1-2-10-3-5-15(6-4-10)8-11-9-16-12(7-13)14-11/h9-10H,2-8,13H2,1H3. The van der Waals surface area contributed by atoms with Crippen LogP contribution in [0.4, 0.5) is 0 Å². The van der Waals surface area contributed by atoms with Gasteiger partial charge in [-0.05, 0) is 31.8 Å². The molecule has 0 radical (unpaired) electrons. The second-order valence-electron chi connectivity index (χ2n) is 4.56. The fourth-order valence-electron chi connectivity index (χ4n) is 2.30. The molecule has 0 atom stereocenters. The Morgan fingerprint density at radius 2 is 2.25 bits per heavy atom. The Morgan fingerprint density at radius 1 is 1.50 bits per heavy atom. The number of nitrogens with zero attached hydrogens (tertiary/aromatic N) is 2. The van der Waals surface area contributed by atoms with Crippen LogP contribution in [0.3, 0.4) is 0 Å². The first kappa shape index (κ1) is 12.0. The van der Waals surface area contributed by atoms with Crippen molar-refractivity contribution in [3.8, 4) is 0 Å². The van der Waals surface area contributed by atoms with Gasteiger partial charge in [0.2, 0.25) is 0 Å². The van der Waals surface area contributed by atoms with Gasteiger partial charge >= 0.3 is 0 Å². The number of hydrogen-bond donors (Lipinski definition) is 1. The molecule has 2 heterocycles. The van der Waals surface area contributed by atoms with Crippen LogP contribution in [-0.4, -0.2) is 23.0 Å². The molecule has 4 heteroatoms. The van der Waals surface area contributed by atoms with E-state index in [4.69, 9.17) is 5.73 Å². The third-order valence-electron chi connectivity index (χ3n) is 3.44. The van der Waals surface area contributed by atoms with Gasteiger partial charge < -0.3 is 5.73 Å². The molecule has 2 N–H and O–H groups in total. The molecular formula is C12H21N3S. The van der Waals surface area contributed by atoms with Crippen LogP contribution in [0.5, 0.6) is 0 Å². The summed E-state index contributed by atoms with van der Waals surface area (Å²) in [6, 6.07) is 0. The molecule has 0 aromatic carbocycles. The lowest BCUT2D eigenvalue weighted by Crippen LogP contribution is -2.33. The number of piperidine rings is 1. The Balaban J connectivity index is 1.82. The molecule has 0 aliphatic carbocycles. The van der Waals surface area contributed by atoms with Crippen LogP contribution in [0.25, 0.3) is 0 Å². The van der Waals surface area contributed by atoms with Gasteiger partial charge in [-0.25, -0.2) is 4.98 Å². The summed E-state index contributed by atoms with van der Waals surface area (Å²) in [6.07, 6.45) is 4.04. The van der Waals surface area contributed by atoms with Gasteiger partial charge in [0.25, 0.3) is 0 Å². The molecule has 0 saturated carbocycles. The number of likely N-dealkylation sites (tertiary alicyclic amines) is 1. The first-order valence-corrected chi connectivity index (χ1v) is 7.05. The molecule has 1 aliphatic heterocycles. The van der Waals surface area contributed by atoms with Crippen molar-refractivity contribution in [2.24, 2.45) is 11.7 Å². The van der Waals surface area contributed by atoms with E-state index in [0.29, 0.717) is 6.54 Å². The third-order valence-corrected chi connectivity index (χ3v) is 4.36. The van der Waals surface area contributed by atoms with Crippen LogP contribution in [0, 0.1) is 5.92 Å². The summed E-state index contributed by atoms with van der Waals surface area (Å²) in [5.74, 6) is 0.950. The minimum Gasteiger partial charge on any atom is -0.325 e. The van der Waals surface area contributed by atoms with Crippen LogP contribution in [0.2, 0.25) is 0 Å². The molecule has 1 saturated heterocycles. The highest BCUT2D eigenvalue weighted by molar-refractivity contribution is 7.09. The molecule has 1 aromatic heterocycles. The summed E-state index contributed by atoms with van der Waals surface area (Å²) in [6.45, 7) is 6.34. The Morgan fingerprint density at radius 3 is 2.81 bits per heavy atom. The summed E-state index contributed by atoms with van der Waals surface area (Å²) in [5, 5.41) is 3.20. The average Bonchev–Trinajstić information content (AvgIpc) is 2.78. The Hall–Kier alpha value is -0.450. The quantitative estimate of drug-likeness (QED) is 0.876. The van der Waals surface area contributed by atoms with E-state index in [1.165, 1.54) is 38.0 Å². The van der Waals surface area contributed by atoms with Gasteiger partial charge in [-0.15, -0.1) is 11.3 Å². The lowest BCUT2D eigenvalue weighted by atomic mass is 9.94. The van der Waals surface area contributed by atoms with E-state index < -0.39 is 0 Å². The molecule has 2 rings (SSSR count). The molecule has 90 valence electrons. The van der Waals surface area contributed by atoms with Crippen LogP contribution >= 0.6 is 11.3 Å². The Labute approximate surface area is 102 Å². The van der Waals surface area contributed by atoms with E-state index in [1.54, 1.807) is 11.3 Å². The summed E-state index contributed by atoms with van der Waals surface area (Å²) in [5.41, 5.74) is 6.76. The minimum atomic E-state index is 0.572. The maximum atomic E-state index is 5.57. The average molecular weight is 239 g/mol. The van der Waals surface area contributed by atoms with Crippen LogP contribution < -0.4 is 5.73 Å². The van der Waals surface area contributed by atoms with Crippen LogP contribution in [0.1, 0.15) is 36.9 Å². The van der Waals surface area contributed by atoms with Gasteiger partial charge in [-0.3, -0.25) is 4.90 Å². The number of aromatic nitrogens is 1.